The number of rotatable bonds is 0. The third-order valence-corrected chi connectivity index (χ3v) is 2.72. The van der Waals surface area contributed by atoms with Crippen molar-refractivity contribution in [1.82, 2.24) is 5.32 Å². The van der Waals surface area contributed by atoms with E-state index in [1.54, 1.807) is 0 Å². The van der Waals surface area contributed by atoms with Gasteiger partial charge in [-0.15, -0.1) is 0 Å². The van der Waals surface area contributed by atoms with E-state index in [9.17, 15) is 4.79 Å². The predicted octanol–water partition coefficient (Wildman–Crippen LogP) is 0.303. The highest BCUT2D eigenvalue weighted by atomic mass is 16.5. The molecule has 0 aromatic carbocycles. The molecule has 3 nitrogen and oxygen atoms in total. The highest BCUT2D eigenvalue weighted by molar-refractivity contribution is 5.78. The molecule has 0 amide bonds. The van der Waals surface area contributed by atoms with Gasteiger partial charge in [0.1, 0.15) is 6.61 Å². The first-order valence-electron chi connectivity index (χ1n) is 4.21. The van der Waals surface area contributed by atoms with E-state index in [1.165, 1.54) is 6.42 Å². The number of nitrogens with one attached hydrogen (secondary N) is 1. The molecular formula is C8H13NO2. The van der Waals surface area contributed by atoms with Crippen LogP contribution in [0.15, 0.2) is 0 Å². The molecule has 3 heteroatoms. The maximum atomic E-state index is 11.4. The summed E-state index contributed by atoms with van der Waals surface area (Å²) < 4.78 is 5.06. The summed E-state index contributed by atoms with van der Waals surface area (Å²) in [6.45, 7) is 2.18. The van der Waals surface area contributed by atoms with E-state index in [-0.39, 0.29) is 11.4 Å². The van der Waals surface area contributed by atoms with Crippen molar-refractivity contribution in [3.8, 4) is 0 Å². The summed E-state index contributed by atoms with van der Waals surface area (Å²) in [5.41, 5.74) is -0.128. The van der Waals surface area contributed by atoms with Crippen molar-refractivity contribution in [2.24, 2.45) is 5.41 Å². The molecule has 1 aliphatic carbocycles. The Morgan fingerprint density at radius 3 is 2.91 bits per heavy atom. The highest BCUT2D eigenvalue weighted by Gasteiger charge is 2.45. The zero-order valence-electron chi connectivity index (χ0n) is 6.56. The Balaban J connectivity index is 2.09. The summed E-state index contributed by atoms with van der Waals surface area (Å²) in [7, 11) is 0. The van der Waals surface area contributed by atoms with Crippen LogP contribution in [0.25, 0.3) is 0 Å². The lowest BCUT2D eigenvalue weighted by atomic mass is 9.69. The average Bonchev–Trinajstić information content (AvgIpc) is 2.09. The van der Waals surface area contributed by atoms with Crippen LogP contribution in [-0.4, -0.2) is 25.7 Å². The summed E-state index contributed by atoms with van der Waals surface area (Å²) in [4.78, 5) is 11.4. The number of cyclic esters (lactones) is 1. The van der Waals surface area contributed by atoms with Gasteiger partial charge in [0.05, 0.1) is 5.41 Å². The van der Waals surface area contributed by atoms with Gasteiger partial charge in [0.2, 0.25) is 0 Å². The quantitative estimate of drug-likeness (QED) is 0.511. The fourth-order valence-electron chi connectivity index (χ4n) is 1.75. The van der Waals surface area contributed by atoms with E-state index < -0.39 is 0 Å². The van der Waals surface area contributed by atoms with Crippen molar-refractivity contribution >= 4 is 5.97 Å². The molecule has 1 aliphatic heterocycles. The molecule has 0 aromatic rings. The second-order valence-corrected chi connectivity index (χ2v) is 3.45. The summed E-state index contributed by atoms with van der Waals surface area (Å²) in [6, 6.07) is 0. The first-order chi connectivity index (χ1) is 5.33. The van der Waals surface area contributed by atoms with Gasteiger partial charge in [0.15, 0.2) is 0 Å². The molecule has 1 heterocycles. The molecule has 0 unspecified atom stereocenters. The van der Waals surface area contributed by atoms with Crippen molar-refractivity contribution < 1.29 is 9.53 Å². The summed E-state index contributed by atoms with van der Waals surface area (Å²) in [6.07, 6.45) is 3.20. The van der Waals surface area contributed by atoms with Gasteiger partial charge in [-0.25, -0.2) is 0 Å². The Kier molecular flexibility index (Phi) is 1.60. The van der Waals surface area contributed by atoms with Crippen LogP contribution < -0.4 is 5.32 Å². The molecule has 0 radical (unpaired) electrons. The van der Waals surface area contributed by atoms with E-state index in [2.05, 4.69) is 5.32 Å². The standard InChI is InChI=1S/C8H13NO2/c10-7-8(2-1-3-8)6-9-4-5-11-7/h9H,1-6H2. The molecule has 0 bridgehead atoms. The Labute approximate surface area is 66.1 Å². The minimum absolute atomic E-state index is 0.0220. The molecule has 1 N–H and O–H groups in total. The molecule has 0 atom stereocenters. The smallest absolute Gasteiger partial charge is 0.313 e. The Morgan fingerprint density at radius 1 is 1.45 bits per heavy atom. The number of carbonyl (C=O) groups excluding carboxylic acids is 1. The lowest BCUT2D eigenvalue weighted by Gasteiger charge is -2.37. The fraction of sp³-hybridized carbons (Fsp3) is 0.875. The normalized spacial score (nSPS) is 28.9. The van der Waals surface area contributed by atoms with E-state index in [1.807, 2.05) is 0 Å². The minimum Gasteiger partial charge on any atom is -0.464 e. The summed E-state index contributed by atoms with van der Waals surface area (Å²) >= 11 is 0. The van der Waals surface area contributed by atoms with E-state index in [4.69, 9.17) is 4.74 Å². The summed E-state index contributed by atoms with van der Waals surface area (Å²) in [5, 5.41) is 3.22. The number of carbonyl (C=O) groups is 1. The highest BCUT2D eigenvalue weighted by Crippen LogP contribution is 2.41. The molecule has 1 saturated heterocycles. The van der Waals surface area contributed by atoms with Crippen molar-refractivity contribution in [3.63, 3.8) is 0 Å². The second kappa shape index (κ2) is 2.48. The average molecular weight is 155 g/mol. The molecule has 11 heavy (non-hydrogen) atoms. The number of hydrogen-bond donors (Lipinski definition) is 1. The third-order valence-electron chi connectivity index (χ3n) is 2.72. The van der Waals surface area contributed by atoms with Crippen LogP contribution in [-0.2, 0) is 9.53 Å². The van der Waals surface area contributed by atoms with E-state index in [0.717, 1.165) is 25.9 Å². The maximum Gasteiger partial charge on any atom is 0.313 e. The molecule has 62 valence electrons. The Hall–Kier alpha value is -0.570. The van der Waals surface area contributed by atoms with Crippen molar-refractivity contribution in [2.45, 2.75) is 19.3 Å². The molecule has 1 spiro atoms. The fourth-order valence-corrected chi connectivity index (χ4v) is 1.75. The Morgan fingerprint density at radius 2 is 2.27 bits per heavy atom. The van der Waals surface area contributed by atoms with E-state index >= 15 is 0 Å². The number of hydrogen-bond acceptors (Lipinski definition) is 3. The third kappa shape index (κ3) is 1.03. The van der Waals surface area contributed by atoms with Crippen LogP contribution in [0.4, 0.5) is 0 Å². The zero-order valence-corrected chi connectivity index (χ0v) is 6.56. The van der Waals surface area contributed by atoms with Crippen LogP contribution in [0, 0.1) is 5.41 Å². The van der Waals surface area contributed by atoms with Gasteiger partial charge in [0.25, 0.3) is 0 Å². The van der Waals surface area contributed by atoms with Crippen molar-refractivity contribution in [1.29, 1.82) is 0 Å². The van der Waals surface area contributed by atoms with Crippen LogP contribution in [0.1, 0.15) is 19.3 Å². The minimum atomic E-state index is -0.128. The van der Waals surface area contributed by atoms with Crippen molar-refractivity contribution in [3.05, 3.63) is 0 Å². The molecule has 0 aromatic heterocycles. The molecule has 1 saturated carbocycles. The first kappa shape index (κ1) is 7.10. The van der Waals surface area contributed by atoms with Gasteiger partial charge in [-0.3, -0.25) is 4.79 Å². The van der Waals surface area contributed by atoms with Gasteiger partial charge in [0, 0.05) is 13.1 Å². The van der Waals surface area contributed by atoms with E-state index in [0.29, 0.717) is 6.61 Å². The first-order valence-corrected chi connectivity index (χ1v) is 4.21. The monoisotopic (exact) mass is 155 g/mol. The lowest BCUT2D eigenvalue weighted by Crippen LogP contribution is -2.44. The van der Waals surface area contributed by atoms with Crippen LogP contribution in [0.3, 0.4) is 0 Å². The van der Waals surface area contributed by atoms with Crippen LogP contribution >= 0.6 is 0 Å². The van der Waals surface area contributed by atoms with Gasteiger partial charge >= 0.3 is 5.97 Å². The number of esters is 1. The number of ether oxygens (including phenoxy) is 1. The van der Waals surface area contributed by atoms with Gasteiger partial charge < -0.3 is 10.1 Å². The second-order valence-electron chi connectivity index (χ2n) is 3.45. The molecule has 2 rings (SSSR count). The van der Waals surface area contributed by atoms with Gasteiger partial charge in [-0.1, -0.05) is 6.42 Å². The zero-order chi connectivity index (χ0) is 7.73. The SMILES string of the molecule is O=C1OCCNCC12CCC2. The van der Waals surface area contributed by atoms with Crippen molar-refractivity contribution in [2.75, 3.05) is 19.7 Å². The maximum absolute atomic E-state index is 11.4. The van der Waals surface area contributed by atoms with Crippen LogP contribution in [0.5, 0.6) is 0 Å². The molecular weight excluding hydrogens is 142 g/mol. The van der Waals surface area contributed by atoms with Crippen LogP contribution in [0.2, 0.25) is 0 Å². The summed E-state index contributed by atoms with van der Waals surface area (Å²) in [5.74, 6) is 0.0220. The topological polar surface area (TPSA) is 38.3 Å². The molecule has 2 fully saturated rings. The van der Waals surface area contributed by atoms with Gasteiger partial charge in [-0.2, -0.15) is 0 Å². The predicted molar refractivity (Wildman–Crippen MR) is 40.1 cm³/mol. The molecule has 2 aliphatic rings. The Bertz CT molecular complexity index is 175. The van der Waals surface area contributed by atoms with Gasteiger partial charge in [-0.05, 0) is 12.8 Å². The largest absolute Gasteiger partial charge is 0.464 e. The lowest BCUT2D eigenvalue weighted by molar-refractivity contribution is -0.158.